The molecule has 0 saturated carbocycles. The van der Waals surface area contributed by atoms with E-state index in [1.165, 1.54) is 0 Å². The molecule has 10 heavy (non-hydrogen) atoms. The van der Waals surface area contributed by atoms with Gasteiger partial charge in [-0.15, -0.1) is 0 Å². The molecule has 0 aliphatic heterocycles. The maximum atomic E-state index is 4.94. The van der Waals surface area contributed by atoms with Crippen molar-refractivity contribution < 1.29 is 7.80 Å². The Bertz CT molecular complexity index is 172. The molecule has 0 amide bonds. The van der Waals surface area contributed by atoms with E-state index >= 15 is 0 Å². The SMILES string of the molecule is C[OH+]c1ccc(OI)cc1. The van der Waals surface area contributed by atoms with Crippen LogP contribution in [0.25, 0.3) is 0 Å². The van der Waals surface area contributed by atoms with Crippen molar-refractivity contribution >= 4 is 23.0 Å². The number of ether oxygens (including phenoxy) is 1. The number of halogens is 1. The molecule has 3 heteroatoms. The van der Waals surface area contributed by atoms with Crippen LogP contribution in [0.1, 0.15) is 0 Å². The van der Waals surface area contributed by atoms with Gasteiger partial charge in [0.25, 0.3) is 5.75 Å². The van der Waals surface area contributed by atoms with Gasteiger partial charge in [0, 0.05) is 12.1 Å². The van der Waals surface area contributed by atoms with Gasteiger partial charge in [-0.2, -0.15) is 0 Å². The first kappa shape index (κ1) is 7.65. The van der Waals surface area contributed by atoms with Crippen LogP contribution < -0.4 is 3.07 Å². The van der Waals surface area contributed by atoms with Crippen LogP contribution in [0.3, 0.4) is 0 Å². The molecular weight excluding hydrogens is 243 g/mol. The summed E-state index contributed by atoms with van der Waals surface area (Å²) in [6, 6.07) is 7.59. The molecule has 0 radical (unpaired) electrons. The minimum absolute atomic E-state index is 0.855. The molecule has 1 N–H and O–H groups in total. The van der Waals surface area contributed by atoms with E-state index < -0.39 is 0 Å². The number of benzene rings is 1. The lowest BCUT2D eigenvalue weighted by atomic mass is 10.3. The highest BCUT2D eigenvalue weighted by Gasteiger charge is 1.94. The lowest BCUT2D eigenvalue weighted by Crippen LogP contribution is -1.77. The first-order valence-electron chi connectivity index (χ1n) is 2.85. The second kappa shape index (κ2) is 3.65. The highest BCUT2D eigenvalue weighted by molar-refractivity contribution is 14.1. The van der Waals surface area contributed by atoms with Crippen molar-refractivity contribution in [2.24, 2.45) is 0 Å². The van der Waals surface area contributed by atoms with Crippen molar-refractivity contribution in [2.75, 3.05) is 7.11 Å². The average Bonchev–Trinajstić information content (AvgIpc) is 2.05. The summed E-state index contributed by atoms with van der Waals surface area (Å²) < 4.78 is 8.93. The maximum Gasteiger partial charge on any atom is 0.254 e. The van der Waals surface area contributed by atoms with Gasteiger partial charge in [-0.05, 0) is 12.1 Å². The molecule has 0 aliphatic carbocycles. The van der Waals surface area contributed by atoms with Gasteiger partial charge in [0.15, 0.2) is 30.1 Å². The summed E-state index contributed by atoms with van der Waals surface area (Å²) in [6.45, 7) is 0. The summed E-state index contributed by atoms with van der Waals surface area (Å²) >= 11 is 1.85. The van der Waals surface area contributed by atoms with E-state index in [2.05, 4.69) is 4.74 Å². The fraction of sp³-hybridized carbons (Fsp3) is 0.143. The Morgan fingerprint density at radius 2 is 1.90 bits per heavy atom. The van der Waals surface area contributed by atoms with Crippen LogP contribution in [-0.2, 0) is 0 Å². The summed E-state index contributed by atoms with van der Waals surface area (Å²) in [7, 11) is 1.76. The van der Waals surface area contributed by atoms with Gasteiger partial charge < -0.3 is 7.80 Å². The van der Waals surface area contributed by atoms with E-state index in [0.717, 1.165) is 11.5 Å². The number of hydrogen-bond donors (Lipinski definition) is 0. The van der Waals surface area contributed by atoms with E-state index in [0.29, 0.717) is 0 Å². The molecule has 1 rings (SSSR count). The van der Waals surface area contributed by atoms with Crippen LogP contribution in [0.5, 0.6) is 11.5 Å². The monoisotopic (exact) mass is 251 g/mol. The van der Waals surface area contributed by atoms with Crippen LogP contribution in [0, 0.1) is 0 Å². The Kier molecular flexibility index (Phi) is 2.80. The van der Waals surface area contributed by atoms with Crippen LogP contribution in [0.15, 0.2) is 24.3 Å². The Balaban J connectivity index is 2.80. The molecule has 0 aliphatic rings. The van der Waals surface area contributed by atoms with E-state index in [4.69, 9.17) is 3.07 Å². The summed E-state index contributed by atoms with van der Waals surface area (Å²) in [6.07, 6.45) is 0. The number of aromatic hydroxyl groups is 1. The van der Waals surface area contributed by atoms with E-state index in [1.54, 1.807) is 7.11 Å². The predicted octanol–water partition coefficient (Wildman–Crippen LogP) is 2.29. The number of aliphatic hydroxyl groups is 1. The highest BCUT2D eigenvalue weighted by Crippen LogP contribution is 2.18. The van der Waals surface area contributed by atoms with Gasteiger partial charge in [0.05, 0.1) is 0 Å². The first-order valence-corrected chi connectivity index (χ1v) is 3.73. The van der Waals surface area contributed by atoms with Crippen molar-refractivity contribution in [1.82, 2.24) is 0 Å². The molecule has 0 saturated heterocycles. The topological polar surface area (TPSA) is 22.0 Å². The van der Waals surface area contributed by atoms with Crippen molar-refractivity contribution in [1.29, 1.82) is 0 Å². The van der Waals surface area contributed by atoms with Crippen molar-refractivity contribution in [3.05, 3.63) is 24.3 Å². The molecule has 1 aromatic carbocycles. The van der Waals surface area contributed by atoms with E-state index in [-0.39, 0.29) is 0 Å². The average molecular weight is 251 g/mol. The first-order chi connectivity index (χ1) is 4.86. The molecule has 0 atom stereocenters. The quantitative estimate of drug-likeness (QED) is 0.583. The third-order valence-corrected chi connectivity index (χ3v) is 1.69. The normalized spacial score (nSPS) is 9.00. The maximum absolute atomic E-state index is 4.94. The zero-order valence-electron chi connectivity index (χ0n) is 5.54. The van der Waals surface area contributed by atoms with Crippen LogP contribution in [0.2, 0.25) is 0 Å². The molecular formula is C7H8IO2+. The Labute approximate surface area is 73.8 Å². The molecule has 1 aromatic rings. The highest BCUT2D eigenvalue weighted by atomic mass is 127. The summed E-state index contributed by atoms with van der Waals surface area (Å²) in [5, 5.41) is 0. The minimum Gasteiger partial charge on any atom is -0.585 e. The summed E-state index contributed by atoms with van der Waals surface area (Å²) in [5.74, 6) is 1.82. The van der Waals surface area contributed by atoms with Gasteiger partial charge in [-0.3, -0.25) is 0 Å². The molecule has 0 unspecified atom stereocenters. The molecule has 0 aromatic heterocycles. The smallest absolute Gasteiger partial charge is 0.254 e. The molecule has 0 fully saturated rings. The van der Waals surface area contributed by atoms with Crippen LogP contribution in [0.4, 0.5) is 0 Å². The van der Waals surface area contributed by atoms with E-state index in [1.807, 2.05) is 47.3 Å². The van der Waals surface area contributed by atoms with Gasteiger partial charge in [0.1, 0.15) is 5.75 Å². The second-order valence-electron chi connectivity index (χ2n) is 1.79. The Morgan fingerprint density at radius 1 is 1.30 bits per heavy atom. The van der Waals surface area contributed by atoms with Gasteiger partial charge in [-0.25, -0.2) is 0 Å². The molecule has 0 bridgehead atoms. The zero-order valence-corrected chi connectivity index (χ0v) is 7.70. The molecule has 0 spiro atoms. The fourth-order valence-corrected chi connectivity index (χ4v) is 0.940. The van der Waals surface area contributed by atoms with Gasteiger partial charge in [-0.1, -0.05) is 0 Å². The summed E-state index contributed by atoms with van der Waals surface area (Å²) in [5.41, 5.74) is 0. The van der Waals surface area contributed by atoms with Crippen molar-refractivity contribution in [2.45, 2.75) is 0 Å². The van der Waals surface area contributed by atoms with Crippen molar-refractivity contribution in [3.8, 4) is 11.5 Å². The minimum atomic E-state index is 0.855. The predicted molar refractivity (Wildman–Crippen MR) is 48.7 cm³/mol. The Morgan fingerprint density at radius 3 is 2.30 bits per heavy atom. The third kappa shape index (κ3) is 1.76. The number of hydrogen-bond acceptors (Lipinski definition) is 1. The van der Waals surface area contributed by atoms with Crippen LogP contribution >= 0.6 is 23.0 Å². The molecule has 2 nitrogen and oxygen atoms in total. The van der Waals surface area contributed by atoms with Gasteiger partial charge >= 0.3 is 0 Å². The lowest BCUT2D eigenvalue weighted by Gasteiger charge is -1.97. The fourth-order valence-electron chi connectivity index (χ4n) is 0.647. The second-order valence-corrected chi connectivity index (χ2v) is 2.24. The third-order valence-electron chi connectivity index (χ3n) is 1.18. The summed E-state index contributed by atoms with van der Waals surface area (Å²) in [4.78, 5) is 0. The van der Waals surface area contributed by atoms with Gasteiger partial charge in [0.2, 0.25) is 0 Å². The molecule has 54 valence electrons. The Hall–Kier alpha value is -0.450. The largest absolute Gasteiger partial charge is 0.585 e. The molecule has 0 heterocycles. The van der Waals surface area contributed by atoms with E-state index in [9.17, 15) is 0 Å². The van der Waals surface area contributed by atoms with Crippen LogP contribution in [-0.4, -0.2) is 11.8 Å². The zero-order chi connectivity index (χ0) is 7.40. The number of rotatable bonds is 2. The standard InChI is InChI=1S/C7H7IO2/c1-9-6-2-4-7(10-8)5-3-6/h2-5H,1H3/p+1. The lowest BCUT2D eigenvalue weighted by molar-refractivity contribution is 0.136. The van der Waals surface area contributed by atoms with Crippen molar-refractivity contribution in [3.63, 3.8) is 0 Å².